The molecule has 2 fully saturated rings. The van der Waals surface area contributed by atoms with Gasteiger partial charge in [-0.1, -0.05) is 34.6 Å². The second-order valence-corrected chi connectivity index (χ2v) is 14.7. The molecular formula is C38H69N3O12. The molecule has 2 aliphatic heterocycles. The maximum atomic E-state index is 12.4. The summed E-state index contributed by atoms with van der Waals surface area (Å²) in [6.45, 7) is 20.0. The number of piperidine rings is 1. The molecule has 0 aliphatic carbocycles. The normalized spacial score (nSPS) is 17.1. The van der Waals surface area contributed by atoms with Gasteiger partial charge in [0.05, 0.1) is 112 Å². The molecule has 1 unspecified atom stereocenters. The molecule has 15 nitrogen and oxygen atoms in total. The highest BCUT2D eigenvalue weighted by Gasteiger charge is 2.39. The summed E-state index contributed by atoms with van der Waals surface area (Å²) >= 11 is 0. The van der Waals surface area contributed by atoms with Crippen molar-refractivity contribution in [3.8, 4) is 0 Å². The average Bonchev–Trinajstić information content (AvgIpc) is 3.42. The molecule has 1 N–H and O–H groups in total. The number of hydrogen-bond acceptors (Lipinski definition) is 12. The number of carbonyl (C=O) groups excluding carboxylic acids is 4. The number of rotatable bonds is 31. The van der Waals surface area contributed by atoms with Gasteiger partial charge in [-0.3, -0.25) is 24.1 Å². The summed E-state index contributed by atoms with van der Waals surface area (Å²) in [4.78, 5) is 52.0. The van der Waals surface area contributed by atoms with E-state index >= 15 is 0 Å². The van der Waals surface area contributed by atoms with E-state index in [2.05, 4.69) is 26.1 Å². The van der Waals surface area contributed by atoms with E-state index < -0.39 is 0 Å². The Bertz CT molecular complexity index is 1020. The third kappa shape index (κ3) is 21.4. The molecule has 308 valence electrons. The number of hydrogen-bond donors (Lipinski definition) is 1. The zero-order valence-electron chi connectivity index (χ0n) is 33.2. The summed E-state index contributed by atoms with van der Waals surface area (Å²) in [7, 11) is 0. The molecule has 0 radical (unpaired) electrons. The van der Waals surface area contributed by atoms with Gasteiger partial charge in [0.25, 0.3) is 0 Å². The molecule has 2 rings (SSSR count). The van der Waals surface area contributed by atoms with Crippen molar-refractivity contribution in [2.24, 2.45) is 23.2 Å². The van der Waals surface area contributed by atoms with Crippen molar-refractivity contribution in [3.63, 3.8) is 0 Å². The van der Waals surface area contributed by atoms with Crippen molar-refractivity contribution in [2.45, 2.75) is 66.7 Å². The smallest absolute Gasteiger partial charge is 0.233 e. The van der Waals surface area contributed by atoms with E-state index in [4.69, 9.17) is 37.9 Å². The minimum atomic E-state index is -0.282. The predicted octanol–water partition coefficient (Wildman–Crippen LogP) is 2.33. The van der Waals surface area contributed by atoms with Crippen LogP contribution in [0.15, 0.2) is 0 Å². The standard InChI is InChI=1S/C38H69N3O12/c1-31(2)33-30-36(44)41(37(33)45)13-8-34(42)39-10-15-47-17-19-49-21-23-51-25-27-53-29-28-52-26-24-50-22-20-48-18-16-46-14-9-35(43)40-11-6-32(7-12-40)38(3,4)5/h31-33H,6-30H2,1-5H3,(H,39,42). The number of likely N-dealkylation sites (tertiary alicyclic amines) is 2. The first-order valence-electron chi connectivity index (χ1n) is 19.5. The summed E-state index contributed by atoms with van der Waals surface area (Å²) in [5.41, 5.74) is 0.307. The van der Waals surface area contributed by atoms with Crippen molar-refractivity contribution >= 4 is 23.6 Å². The fourth-order valence-electron chi connectivity index (χ4n) is 5.98. The van der Waals surface area contributed by atoms with Crippen LogP contribution in [0.4, 0.5) is 0 Å². The Hall–Kier alpha value is -2.24. The quantitative estimate of drug-likeness (QED) is 0.0814. The van der Waals surface area contributed by atoms with Gasteiger partial charge >= 0.3 is 0 Å². The van der Waals surface area contributed by atoms with Crippen LogP contribution < -0.4 is 5.32 Å². The van der Waals surface area contributed by atoms with E-state index in [0.717, 1.165) is 25.9 Å². The lowest BCUT2D eigenvalue weighted by Crippen LogP contribution is -2.41. The van der Waals surface area contributed by atoms with Crippen molar-refractivity contribution < 1.29 is 57.1 Å². The Morgan fingerprint density at radius 1 is 0.660 bits per heavy atom. The first-order valence-corrected chi connectivity index (χ1v) is 19.5. The largest absolute Gasteiger partial charge is 0.379 e. The van der Waals surface area contributed by atoms with E-state index in [-0.39, 0.29) is 54.9 Å². The third-order valence-corrected chi connectivity index (χ3v) is 9.35. The molecule has 2 heterocycles. The average molecular weight is 760 g/mol. The maximum absolute atomic E-state index is 12.4. The van der Waals surface area contributed by atoms with Gasteiger partial charge in [-0.2, -0.15) is 0 Å². The first kappa shape index (κ1) is 46.9. The second-order valence-electron chi connectivity index (χ2n) is 14.7. The van der Waals surface area contributed by atoms with Gasteiger partial charge in [-0.15, -0.1) is 0 Å². The minimum absolute atomic E-state index is 0.0834. The summed E-state index contributed by atoms with van der Waals surface area (Å²) in [5.74, 6) is 0.0745. The maximum Gasteiger partial charge on any atom is 0.233 e. The van der Waals surface area contributed by atoms with Crippen LogP contribution in [0, 0.1) is 23.2 Å². The number of imide groups is 1. The van der Waals surface area contributed by atoms with Crippen molar-refractivity contribution in [1.82, 2.24) is 15.1 Å². The first-order chi connectivity index (χ1) is 25.5. The van der Waals surface area contributed by atoms with Gasteiger partial charge in [-0.25, -0.2) is 0 Å². The molecule has 0 saturated carbocycles. The summed E-state index contributed by atoms with van der Waals surface area (Å²) in [6, 6.07) is 0. The van der Waals surface area contributed by atoms with Crippen LogP contribution in [-0.2, 0) is 57.1 Å². The number of nitrogens with zero attached hydrogens (tertiary/aromatic N) is 2. The highest BCUT2D eigenvalue weighted by molar-refractivity contribution is 6.03. The number of amides is 4. The van der Waals surface area contributed by atoms with Crippen LogP contribution >= 0.6 is 0 Å². The topological polar surface area (TPSA) is 161 Å². The van der Waals surface area contributed by atoms with Gasteiger partial charge in [0, 0.05) is 44.9 Å². The fraction of sp³-hybridized carbons (Fsp3) is 0.895. The van der Waals surface area contributed by atoms with Crippen LogP contribution in [-0.4, -0.2) is 165 Å². The second kappa shape index (κ2) is 28.2. The van der Waals surface area contributed by atoms with Crippen LogP contribution in [0.1, 0.15) is 66.7 Å². The Balaban J connectivity index is 1.21. The lowest BCUT2D eigenvalue weighted by Gasteiger charge is -2.38. The molecule has 0 aromatic rings. The molecule has 0 aromatic heterocycles. The van der Waals surface area contributed by atoms with Crippen LogP contribution in [0.5, 0.6) is 0 Å². The highest BCUT2D eigenvalue weighted by Crippen LogP contribution is 2.34. The molecule has 1 atom stereocenters. The van der Waals surface area contributed by atoms with Crippen molar-refractivity contribution in [1.29, 1.82) is 0 Å². The van der Waals surface area contributed by atoms with Crippen molar-refractivity contribution in [2.75, 3.05) is 132 Å². The van der Waals surface area contributed by atoms with E-state index in [1.807, 2.05) is 18.7 Å². The summed E-state index contributed by atoms with van der Waals surface area (Å²) in [5, 5.41) is 2.73. The lowest BCUT2D eigenvalue weighted by molar-refractivity contribution is -0.140. The zero-order valence-corrected chi connectivity index (χ0v) is 33.2. The van der Waals surface area contributed by atoms with E-state index in [1.54, 1.807) is 0 Å². The van der Waals surface area contributed by atoms with Gasteiger partial charge in [-0.05, 0) is 30.1 Å². The van der Waals surface area contributed by atoms with Crippen LogP contribution in [0.2, 0.25) is 0 Å². The fourth-order valence-corrected chi connectivity index (χ4v) is 5.98. The Morgan fingerprint density at radius 2 is 1.08 bits per heavy atom. The molecule has 2 aliphatic rings. The molecule has 2 saturated heterocycles. The predicted molar refractivity (Wildman–Crippen MR) is 197 cm³/mol. The molecule has 15 heteroatoms. The van der Waals surface area contributed by atoms with Crippen LogP contribution in [0.3, 0.4) is 0 Å². The Labute approximate surface area is 317 Å². The van der Waals surface area contributed by atoms with E-state index in [1.165, 1.54) is 4.90 Å². The van der Waals surface area contributed by atoms with Crippen molar-refractivity contribution in [3.05, 3.63) is 0 Å². The number of nitrogens with one attached hydrogen (secondary N) is 1. The molecular weight excluding hydrogens is 690 g/mol. The van der Waals surface area contributed by atoms with Gasteiger partial charge in [0.1, 0.15) is 0 Å². The van der Waals surface area contributed by atoms with Crippen LogP contribution in [0.25, 0.3) is 0 Å². The lowest BCUT2D eigenvalue weighted by atomic mass is 9.75. The molecule has 0 spiro atoms. The Morgan fingerprint density at radius 3 is 1.47 bits per heavy atom. The molecule has 53 heavy (non-hydrogen) atoms. The number of ether oxygens (including phenoxy) is 8. The van der Waals surface area contributed by atoms with Gasteiger partial charge in [0.2, 0.25) is 23.6 Å². The van der Waals surface area contributed by atoms with E-state index in [0.29, 0.717) is 130 Å². The summed E-state index contributed by atoms with van der Waals surface area (Å²) in [6.07, 6.45) is 2.89. The summed E-state index contributed by atoms with van der Waals surface area (Å²) < 4.78 is 44.0. The monoisotopic (exact) mass is 759 g/mol. The minimum Gasteiger partial charge on any atom is -0.379 e. The van der Waals surface area contributed by atoms with E-state index in [9.17, 15) is 19.2 Å². The molecule has 4 amide bonds. The number of carbonyl (C=O) groups is 4. The SMILES string of the molecule is CC(C)C1CC(=O)N(CCC(=O)NCCOCCOCCOCCOCCOCCOCCOCCOCCC(=O)N2CCC(C(C)(C)C)CC2)C1=O. The Kier molecular flexibility index (Phi) is 25.0. The highest BCUT2D eigenvalue weighted by atomic mass is 16.6. The molecule has 0 aromatic carbocycles. The zero-order chi connectivity index (χ0) is 38.7. The third-order valence-electron chi connectivity index (χ3n) is 9.35. The molecule has 0 bridgehead atoms. The van der Waals surface area contributed by atoms with Gasteiger partial charge in [0.15, 0.2) is 0 Å². The van der Waals surface area contributed by atoms with Gasteiger partial charge < -0.3 is 48.1 Å².